The van der Waals surface area contributed by atoms with Gasteiger partial charge in [0.15, 0.2) is 12.0 Å². The molecule has 1 aromatic heterocycles. The van der Waals surface area contributed by atoms with Crippen molar-refractivity contribution in [2.24, 2.45) is 0 Å². The second-order valence-electron chi connectivity index (χ2n) is 7.49. The van der Waals surface area contributed by atoms with Crippen LogP contribution in [-0.4, -0.2) is 46.4 Å². The van der Waals surface area contributed by atoms with Crippen LogP contribution in [-0.2, 0) is 21.4 Å². The Morgan fingerprint density at radius 2 is 1.82 bits per heavy atom. The SMILES string of the molecule is CCOC(Cn1cc(C(=O)NC(C)CC(C)(C)c2ccccc2)nn1)OCC. The Morgan fingerprint density at radius 3 is 2.43 bits per heavy atom. The van der Waals surface area contributed by atoms with Gasteiger partial charge in [0.1, 0.15) is 0 Å². The highest BCUT2D eigenvalue weighted by molar-refractivity contribution is 5.92. The molecule has 1 amide bonds. The maximum absolute atomic E-state index is 12.5. The summed E-state index contributed by atoms with van der Waals surface area (Å²) in [6.45, 7) is 11.7. The minimum absolute atomic E-state index is 0.00699. The minimum Gasteiger partial charge on any atom is -0.351 e. The number of hydrogen-bond acceptors (Lipinski definition) is 5. The largest absolute Gasteiger partial charge is 0.351 e. The maximum atomic E-state index is 12.5. The number of ether oxygens (including phenoxy) is 2. The molecule has 0 aliphatic heterocycles. The number of amides is 1. The molecule has 1 aromatic carbocycles. The molecular formula is C21H32N4O3. The smallest absolute Gasteiger partial charge is 0.273 e. The van der Waals surface area contributed by atoms with E-state index in [0.717, 1.165) is 6.42 Å². The molecule has 2 aromatic rings. The summed E-state index contributed by atoms with van der Waals surface area (Å²) in [5.74, 6) is -0.230. The van der Waals surface area contributed by atoms with Gasteiger partial charge in [0.25, 0.3) is 5.91 Å². The summed E-state index contributed by atoms with van der Waals surface area (Å²) < 4.78 is 12.6. The Kier molecular flexibility index (Phi) is 8.14. The Labute approximate surface area is 167 Å². The zero-order chi connectivity index (χ0) is 20.6. The first-order valence-electron chi connectivity index (χ1n) is 9.85. The highest BCUT2D eigenvalue weighted by atomic mass is 16.7. The lowest BCUT2D eigenvalue weighted by Crippen LogP contribution is -2.37. The van der Waals surface area contributed by atoms with Crippen molar-refractivity contribution in [1.82, 2.24) is 20.3 Å². The van der Waals surface area contributed by atoms with Gasteiger partial charge in [0, 0.05) is 19.3 Å². The molecule has 7 heteroatoms. The van der Waals surface area contributed by atoms with E-state index in [9.17, 15) is 4.79 Å². The van der Waals surface area contributed by atoms with Gasteiger partial charge in [-0.05, 0) is 38.2 Å². The van der Waals surface area contributed by atoms with Crippen LogP contribution >= 0.6 is 0 Å². The molecule has 0 radical (unpaired) electrons. The molecule has 0 saturated carbocycles. The van der Waals surface area contributed by atoms with Crippen molar-refractivity contribution < 1.29 is 14.3 Å². The zero-order valence-corrected chi connectivity index (χ0v) is 17.5. The first-order valence-corrected chi connectivity index (χ1v) is 9.85. The van der Waals surface area contributed by atoms with Gasteiger partial charge >= 0.3 is 0 Å². The molecular weight excluding hydrogens is 356 g/mol. The molecule has 0 aliphatic rings. The van der Waals surface area contributed by atoms with E-state index in [1.54, 1.807) is 10.9 Å². The molecule has 0 aliphatic carbocycles. The summed E-state index contributed by atoms with van der Waals surface area (Å²) >= 11 is 0. The molecule has 1 unspecified atom stereocenters. The van der Waals surface area contributed by atoms with Crippen molar-refractivity contribution in [3.05, 3.63) is 47.8 Å². The molecule has 0 spiro atoms. The molecule has 1 N–H and O–H groups in total. The molecule has 2 rings (SSSR count). The second kappa shape index (κ2) is 10.3. The van der Waals surface area contributed by atoms with Gasteiger partial charge < -0.3 is 14.8 Å². The van der Waals surface area contributed by atoms with Crippen molar-refractivity contribution >= 4 is 5.91 Å². The monoisotopic (exact) mass is 388 g/mol. The van der Waals surface area contributed by atoms with Crippen molar-refractivity contribution in [3.8, 4) is 0 Å². The van der Waals surface area contributed by atoms with Crippen LogP contribution in [0.3, 0.4) is 0 Å². The standard InChI is InChI=1S/C21H32N4O3/c1-6-27-19(28-7-2)15-25-14-18(23-24-25)20(26)22-16(3)13-21(4,5)17-11-9-8-10-12-17/h8-12,14,16,19H,6-7,13,15H2,1-5H3,(H,22,26). The molecule has 28 heavy (non-hydrogen) atoms. The average molecular weight is 389 g/mol. The minimum atomic E-state index is -0.404. The van der Waals surface area contributed by atoms with Crippen molar-refractivity contribution in [2.45, 2.75) is 65.3 Å². The van der Waals surface area contributed by atoms with Crippen LogP contribution in [0.1, 0.15) is 57.1 Å². The van der Waals surface area contributed by atoms with Crippen LogP contribution < -0.4 is 5.32 Å². The fraction of sp³-hybridized carbons (Fsp3) is 0.571. The van der Waals surface area contributed by atoms with Gasteiger partial charge in [0.2, 0.25) is 0 Å². The van der Waals surface area contributed by atoms with E-state index in [1.165, 1.54) is 5.56 Å². The van der Waals surface area contributed by atoms with Crippen molar-refractivity contribution in [2.75, 3.05) is 13.2 Å². The van der Waals surface area contributed by atoms with E-state index < -0.39 is 6.29 Å². The van der Waals surface area contributed by atoms with Gasteiger partial charge in [-0.15, -0.1) is 5.10 Å². The molecule has 0 saturated heterocycles. The van der Waals surface area contributed by atoms with E-state index in [-0.39, 0.29) is 23.1 Å². The molecule has 154 valence electrons. The third-order valence-electron chi connectivity index (χ3n) is 4.56. The van der Waals surface area contributed by atoms with E-state index in [2.05, 4.69) is 41.6 Å². The lowest BCUT2D eigenvalue weighted by Gasteiger charge is -2.29. The van der Waals surface area contributed by atoms with Gasteiger partial charge in [-0.2, -0.15) is 0 Å². The van der Waals surface area contributed by atoms with Gasteiger partial charge in [-0.3, -0.25) is 4.79 Å². The fourth-order valence-corrected chi connectivity index (χ4v) is 3.29. The fourth-order valence-electron chi connectivity index (χ4n) is 3.29. The van der Waals surface area contributed by atoms with Crippen molar-refractivity contribution in [3.63, 3.8) is 0 Å². The quantitative estimate of drug-likeness (QED) is 0.598. The van der Waals surface area contributed by atoms with Crippen LogP contribution in [0.5, 0.6) is 0 Å². The number of hydrogen-bond donors (Lipinski definition) is 1. The summed E-state index contributed by atoms with van der Waals surface area (Å²) in [6.07, 6.45) is 2.03. The maximum Gasteiger partial charge on any atom is 0.273 e. The second-order valence-corrected chi connectivity index (χ2v) is 7.49. The summed E-state index contributed by atoms with van der Waals surface area (Å²) in [5, 5.41) is 11.0. The van der Waals surface area contributed by atoms with E-state index in [1.807, 2.05) is 39.0 Å². The molecule has 7 nitrogen and oxygen atoms in total. The van der Waals surface area contributed by atoms with Gasteiger partial charge in [-0.1, -0.05) is 49.4 Å². The summed E-state index contributed by atoms with van der Waals surface area (Å²) in [6, 6.07) is 10.3. The lowest BCUT2D eigenvalue weighted by molar-refractivity contribution is -0.145. The predicted octanol–water partition coefficient (Wildman–Crippen LogP) is 3.16. The zero-order valence-electron chi connectivity index (χ0n) is 17.5. The third-order valence-corrected chi connectivity index (χ3v) is 4.56. The molecule has 0 bridgehead atoms. The highest BCUT2D eigenvalue weighted by Gasteiger charge is 2.25. The normalized spacial score (nSPS) is 12.9. The predicted molar refractivity (Wildman–Crippen MR) is 108 cm³/mol. The first-order chi connectivity index (χ1) is 13.4. The van der Waals surface area contributed by atoms with Gasteiger partial charge in [-0.25, -0.2) is 4.68 Å². The van der Waals surface area contributed by atoms with E-state index >= 15 is 0 Å². The number of carbonyl (C=O) groups excluding carboxylic acids is 1. The number of nitrogens with zero attached hydrogens (tertiary/aromatic N) is 3. The van der Waals surface area contributed by atoms with E-state index in [4.69, 9.17) is 9.47 Å². The average Bonchev–Trinajstić information content (AvgIpc) is 3.11. The number of aromatic nitrogens is 3. The van der Waals surface area contributed by atoms with Gasteiger partial charge in [0.05, 0.1) is 12.7 Å². The molecule has 0 fully saturated rings. The highest BCUT2D eigenvalue weighted by Crippen LogP contribution is 2.28. The van der Waals surface area contributed by atoms with E-state index in [0.29, 0.717) is 19.8 Å². The van der Waals surface area contributed by atoms with Crippen LogP contribution in [0.4, 0.5) is 0 Å². The molecule has 1 heterocycles. The number of rotatable bonds is 11. The van der Waals surface area contributed by atoms with Crippen LogP contribution in [0.2, 0.25) is 0 Å². The van der Waals surface area contributed by atoms with Crippen LogP contribution in [0.25, 0.3) is 0 Å². The lowest BCUT2D eigenvalue weighted by atomic mass is 9.79. The Balaban J connectivity index is 1.93. The Hall–Kier alpha value is -2.25. The summed E-state index contributed by atoms with van der Waals surface area (Å²) in [4.78, 5) is 12.5. The number of carbonyl (C=O) groups is 1. The third kappa shape index (κ3) is 6.42. The molecule has 1 atom stereocenters. The Morgan fingerprint density at radius 1 is 1.18 bits per heavy atom. The number of nitrogens with one attached hydrogen (secondary N) is 1. The van der Waals surface area contributed by atoms with Crippen molar-refractivity contribution in [1.29, 1.82) is 0 Å². The summed E-state index contributed by atoms with van der Waals surface area (Å²) in [5.41, 5.74) is 1.49. The summed E-state index contributed by atoms with van der Waals surface area (Å²) in [7, 11) is 0. The topological polar surface area (TPSA) is 78.3 Å². The number of benzene rings is 1. The van der Waals surface area contributed by atoms with Crippen LogP contribution in [0, 0.1) is 0 Å². The Bertz CT molecular complexity index is 724. The first kappa shape index (κ1) is 22.0. The van der Waals surface area contributed by atoms with Crippen LogP contribution in [0.15, 0.2) is 36.5 Å².